The monoisotopic (exact) mass is 274 g/mol. The van der Waals surface area contributed by atoms with E-state index in [4.69, 9.17) is 9.47 Å². The smallest absolute Gasteiger partial charge is 0.133 e. The number of nitrogens with one attached hydrogen (secondary N) is 1. The summed E-state index contributed by atoms with van der Waals surface area (Å²) in [5.74, 6) is 1.78. The van der Waals surface area contributed by atoms with Gasteiger partial charge in [-0.25, -0.2) is 4.98 Å². The van der Waals surface area contributed by atoms with Crippen molar-refractivity contribution in [3.05, 3.63) is 30.5 Å². The molecule has 2 rings (SSSR count). The average Bonchev–Trinajstić information content (AvgIpc) is 2.50. The molecule has 108 valence electrons. The van der Waals surface area contributed by atoms with Crippen LogP contribution in [-0.4, -0.2) is 32.4 Å². The molecular weight excluding hydrogens is 252 g/mol. The number of hydrogen-bond acceptors (Lipinski definition) is 4. The molecule has 0 saturated carbocycles. The van der Waals surface area contributed by atoms with Gasteiger partial charge in [0.05, 0.1) is 7.11 Å². The third kappa shape index (κ3) is 3.84. The van der Waals surface area contributed by atoms with E-state index in [1.165, 1.54) is 5.39 Å². The van der Waals surface area contributed by atoms with Crippen LogP contribution in [0.4, 0.5) is 5.82 Å². The molecule has 0 spiro atoms. The minimum atomic E-state index is 0.837. The van der Waals surface area contributed by atoms with Gasteiger partial charge in [-0.1, -0.05) is 6.07 Å². The number of aromatic nitrogens is 1. The van der Waals surface area contributed by atoms with Gasteiger partial charge in [-0.05, 0) is 42.8 Å². The second-order valence-electron chi connectivity index (χ2n) is 4.73. The Balaban J connectivity index is 1.98. The highest BCUT2D eigenvalue weighted by Gasteiger charge is 2.03. The van der Waals surface area contributed by atoms with E-state index in [1.807, 2.05) is 24.4 Å². The van der Waals surface area contributed by atoms with Gasteiger partial charge in [0.2, 0.25) is 0 Å². The molecule has 0 unspecified atom stereocenters. The molecule has 20 heavy (non-hydrogen) atoms. The summed E-state index contributed by atoms with van der Waals surface area (Å²) in [6.45, 7) is 1.76. The number of nitrogens with zero attached hydrogens (tertiary/aromatic N) is 1. The van der Waals surface area contributed by atoms with Crippen molar-refractivity contribution in [2.75, 3.05) is 32.7 Å². The number of rotatable bonds is 8. The lowest BCUT2D eigenvalue weighted by Crippen LogP contribution is -2.04. The van der Waals surface area contributed by atoms with E-state index < -0.39 is 0 Å². The number of unbranched alkanes of at least 4 members (excludes halogenated alkanes) is 2. The maximum absolute atomic E-state index is 5.28. The largest absolute Gasteiger partial charge is 0.497 e. The Labute approximate surface area is 120 Å². The lowest BCUT2D eigenvalue weighted by atomic mass is 10.1. The van der Waals surface area contributed by atoms with E-state index in [9.17, 15) is 0 Å². The van der Waals surface area contributed by atoms with Crippen LogP contribution >= 0.6 is 0 Å². The zero-order chi connectivity index (χ0) is 14.2. The molecule has 0 amide bonds. The van der Waals surface area contributed by atoms with Gasteiger partial charge < -0.3 is 14.8 Å². The molecule has 1 aromatic heterocycles. The Morgan fingerprint density at radius 3 is 2.80 bits per heavy atom. The normalized spacial score (nSPS) is 10.7. The number of fused-ring (bicyclic) bond motifs is 1. The van der Waals surface area contributed by atoms with Crippen molar-refractivity contribution in [1.82, 2.24) is 4.98 Å². The first-order chi connectivity index (χ1) is 9.85. The van der Waals surface area contributed by atoms with Gasteiger partial charge in [0.15, 0.2) is 0 Å². The quantitative estimate of drug-likeness (QED) is 0.748. The van der Waals surface area contributed by atoms with Gasteiger partial charge in [0, 0.05) is 31.8 Å². The molecule has 1 N–H and O–H groups in total. The molecule has 0 fully saturated rings. The van der Waals surface area contributed by atoms with Crippen molar-refractivity contribution in [1.29, 1.82) is 0 Å². The van der Waals surface area contributed by atoms with Gasteiger partial charge in [-0.3, -0.25) is 0 Å². The fraction of sp³-hybridized carbons (Fsp3) is 0.438. The van der Waals surface area contributed by atoms with Crippen LogP contribution in [0, 0.1) is 0 Å². The Hall–Kier alpha value is -1.81. The maximum Gasteiger partial charge on any atom is 0.133 e. The van der Waals surface area contributed by atoms with Gasteiger partial charge in [-0.2, -0.15) is 0 Å². The van der Waals surface area contributed by atoms with Crippen LogP contribution < -0.4 is 10.1 Å². The first-order valence-electron chi connectivity index (χ1n) is 7.00. The fourth-order valence-corrected chi connectivity index (χ4v) is 2.17. The van der Waals surface area contributed by atoms with Crippen molar-refractivity contribution in [3.63, 3.8) is 0 Å². The van der Waals surface area contributed by atoms with Crippen LogP contribution in [0.15, 0.2) is 30.5 Å². The van der Waals surface area contributed by atoms with E-state index in [-0.39, 0.29) is 0 Å². The highest BCUT2D eigenvalue weighted by Crippen LogP contribution is 2.25. The summed E-state index contributed by atoms with van der Waals surface area (Å²) in [4.78, 5) is 4.42. The van der Waals surface area contributed by atoms with E-state index in [0.29, 0.717) is 0 Å². The summed E-state index contributed by atoms with van der Waals surface area (Å²) < 4.78 is 10.3. The summed E-state index contributed by atoms with van der Waals surface area (Å²) in [6, 6.07) is 8.06. The van der Waals surface area contributed by atoms with Crippen LogP contribution in [0.2, 0.25) is 0 Å². The summed E-state index contributed by atoms with van der Waals surface area (Å²) in [6.07, 6.45) is 5.22. The van der Waals surface area contributed by atoms with Gasteiger partial charge in [0.25, 0.3) is 0 Å². The second-order valence-corrected chi connectivity index (χ2v) is 4.73. The molecule has 0 radical (unpaired) electrons. The second kappa shape index (κ2) is 7.70. The van der Waals surface area contributed by atoms with E-state index in [0.717, 1.165) is 49.4 Å². The van der Waals surface area contributed by atoms with E-state index in [1.54, 1.807) is 14.2 Å². The zero-order valence-electron chi connectivity index (χ0n) is 12.2. The Morgan fingerprint density at radius 1 is 1.10 bits per heavy atom. The molecule has 0 aliphatic rings. The summed E-state index contributed by atoms with van der Waals surface area (Å²) in [5, 5.41) is 5.68. The minimum Gasteiger partial charge on any atom is -0.497 e. The highest BCUT2D eigenvalue weighted by molar-refractivity contribution is 5.92. The molecule has 1 aromatic carbocycles. The van der Waals surface area contributed by atoms with Crippen molar-refractivity contribution in [2.45, 2.75) is 19.3 Å². The van der Waals surface area contributed by atoms with Crippen LogP contribution in [0.25, 0.3) is 10.8 Å². The first-order valence-corrected chi connectivity index (χ1v) is 7.00. The SMILES string of the molecule is COCCCCCNc1nccc2ccc(OC)cc12. The summed E-state index contributed by atoms with van der Waals surface area (Å²) in [7, 11) is 3.42. The topological polar surface area (TPSA) is 43.4 Å². The third-order valence-electron chi connectivity index (χ3n) is 3.29. The number of hydrogen-bond donors (Lipinski definition) is 1. The lowest BCUT2D eigenvalue weighted by Gasteiger charge is -2.09. The van der Waals surface area contributed by atoms with Gasteiger partial charge in [0.1, 0.15) is 11.6 Å². The van der Waals surface area contributed by atoms with Crippen LogP contribution in [0.3, 0.4) is 0 Å². The van der Waals surface area contributed by atoms with Crippen LogP contribution in [0.5, 0.6) is 5.75 Å². The number of pyridine rings is 1. The maximum atomic E-state index is 5.28. The number of anilines is 1. The Kier molecular flexibility index (Phi) is 5.62. The summed E-state index contributed by atoms with van der Waals surface area (Å²) in [5.41, 5.74) is 0. The predicted octanol–water partition coefficient (Wildman–Crippen LogP) is 3.47. The number of benzene rings is 1. The fourth-order valence-electron chi connectivity index (χ4n) is 2.17. The minimum absolute atomic E-state index is 0.837. The predicted molar refractivity (Wildman–Crippen MR) is 82.5 cm³/mol. The molecule has 1 heterocycles. The third-order valence-corrected chi connectivity index (χ3v) is 3.29. The van der Waals surface area contributed by atoms with Crippen molar-refractivity contribution in [2.24, 2.45) is 0 Å². The van der Waals surface area contributed by atoms with Crippen molar-refractivity contribution in [3.8, 4) is 5.75 Å². The molecule has 0 aliphatic heterocycles. The molecule has 0 saturated heterocycles. The lowest BCUT2D eigenvalue weighted by molar-refractivity contribution is 0.192. The van der Waals surface area contributed by atoms with E-state index in [2.05, 4.69) is 16.4 Å². The molecule has 0 atom stereocenters. The van der Waals surface area contributed by atoms with Crippen molar-refractivity contribution < 1.29 is 9.47 Å². The number of ether oxygens (including phenoxy) is 2. The molecule has 4 nitrogen and oxygen atoms in total. The first kappa shape index (κ1) is 14.6. The van der Waals surface area contributed by atoms with Crippen LogP contribution in [-0.2, 0) is 4.74 Å². The van der Waals surface area contributed by atoms with Crippen LogP contribution in [0.1, 0.15) is 19.3 Å². The van der Waals surface area contributed by atoms with E-state index >= 15 is 0 Å². The van der Waals surface area contributed by atoms with Crippen molar-refractivity contribution >= 4 is 16.6 Å². The molecule has 0 bridgehead atoms. The standard InChI is InChI=1S/C16H22N2O2/c1-19-11-5-3-4-9-17-16-15-12-14(20-2)7-6-13(15)8-10-18-16/h6-8,10,12H,3-5,9,11H2,1-2H3,(H,17,18). The number of methoxy groups -OCH3 is 2. The Bertz CT molecular complexity index is 543. The Morgan fingerprint density at radius 2 is 2.00 bits per heavy atom. The molecule has 0 aliphatic carbocycles. The van der Waals surface area contributed by atoms with Gasteiger partial charge >= 0.3 is 0 Å². The highest BCUT2D eigenvalue weighted by atomic mass is 16.5. The zero-order valence-corrected chi connectivity index (χ0v) is 12.2. The van der Waals surface area contributed by atoms with Gasteiger partial charge in [-0.15, -0.1) is 0 Å². The average molecular weight is 274 g/mol. The summed E-state index contributed by atoms with van der Waals surface area (Å²) >= 11 is 0. The molecular formula is C16H22N2O2. The molecule has 4 heteroatoms. The molecule has 2 aromatic rings.